The Morgan fingerprint density at radius 1 is 1.15 bits per heavy atom. The molecule has 3 aromatic rings. The number of carbonyl (C=O) groups is 2. The topological polar surface area (TPSA) is 89.0 Å². The number of rotatable bonds is 6. The van der Waals surface area contributed by atoms with Gasteiger partial charge in [0.25, 0.3) is 11.7 Å². The largest absolute Gasteiger partial charge is 0.507 e. The molecule has 1 aromatic heterocycles. The van der Waals surface area contributed by atoms with Gasteiger partial charge in [-0.15, -0.1) is 0 Å². The zero-order valence-corrected chi connectivity index (χ0v) is 18.7. The average Bonchev–Trinajstić information content (AvgIpc) is 3.10. The molecule has 0 radical (unpaired) electrons. The molecule has 1 N–H and O–H groups in total. The molecular formula is C25H21ClN2O5. The van der Waals surface area contributed by atoms with Gasteiger partial charge in [-0.1, -0.05) is 23.7 Å². The zero-order chi connectivity index (χ0) is 23.5. The van der Waals surface area contributed by atoms with Crippen LogP contribution >= 0.6 is 11.6 Å². The lowest BCUT2D eigenvalue weighted by molar-refractivity contribution is -0.132. The number of hydrogen-bond donors (Lipinski definition) is 1. The van der Waals surface area contributed by atoms with Crippen molar-refractivity contribution in [3.63, 3.8) is 0 Å². The standard InChI is InChI=1S/C25H21ClN2O5/c1-3-33-18-8-4-7-17(13-18)28-22(16-6-5-11-27-14-16)21(24(30)25(28)31)23(29)15-9-10-19(26)20(12-15)32-2/h4-14,22,29H,3H2,1-2H3/b23-21+. The van der Waals surface area contributed by atoms with E-state index in [-0.39, 0.29) is 11.3 Å². The Hall–Kier alpha value is -3.84. The normalized spacial score (nSPS) is 17.3. The van der Waals surface area contributed by atoms with Crippen molar-refractivity contribution in [3.8, 4) is 11.5 Å². The molecule has 168 valence electrons. The number of nitrogens with zero attached hydrogens (tertiary/aromatic N) is 2. The monoisotopic (exact) mass is 464 g/mol. The second kappa shape index (κ2) is 9.34. The molecule has 1 saturated heterocycles. The van der Waals surface area contributed by atoms with Crippen molar-refractivity contribution in [1.29, 1.82) is 0 Å². The predicted molar refractivity (Wildman–Crippen MR) is 125 cm³/mol. The van der Waals surface area contributed by atoms with Gasteiger partial charge in [-0.25, -0.2) is 0 Å². The molecule has 8 heteroatoms. The summed E-state index contributed by atoms with van der Waals surface area (Å²) in [5.41, 5.74) is 1.27. The van der Waals surface area contributed by atoms with Gasteiger partial charge in [0.1, 0.15) is 17.3 Å². The number of amides is 1. The summed E-state index contributed by atoms with van der Waals surface area (Å²) in [4.78, 5) is 31.9. The number of aliphatic hydroxyl groups excluding tert-OH is 1. The number of benzene rings is 2. The maximum atomic E-state index is 13.2. The van der Waals surface area contributed by atoms with E-state index in [1.54, 1.807) is 60.9 Å². The van der Waals surface area contributed by atoms with E-state index in [2.05, 4.69) is 4.98 Å². The van der Waals surface area contributed by atoms with Crippen LogP contribution in [0.25, 0.3) is 5.76 Å². The molecule has 1 atom stereocenters. The highest BCUT2D eigenvalue weighted by Crippen LogP contribution is 2.43. The summed E-state index contributed by atoms with van der Waals surface area (Å²) in [6, 6.07) is 14.1. The van der Waals surface area contributed by atoms with Crippen molar-refractivity contribution in [3.05, 3.63) is 88.7 Å². The Balaban J connectivity index is 1.92. The molecule has 0 saturated carbocycles. The van der Waals surface area contributed by atoms with Crippen LogP contribution in [0.15, 0.2) is 72.6 Å². The van der Waals surface area contributed by atoms with E-state index in [0.29, 0.717) is 39.9 Å². The van der Waals surface area contributed by atoms with Crippen molar-refractivity contribution in [1.82, 2.24) is 4.98 Å². The zero-order valence-electron chi connectivity index (χ0n) is 18.0. The molecule has 1 unspecified atom stereocenters. The number of carbonyl (C=O) groups excluding carboxylic acids is 2. The molecule has 2 heterocycles. The Kier molecular flexibility index (Phi) is 6.33. The lowest BCUT2D eigenvalue weighted by atomic mass is 9.96. The molecule has 0 aliphatic carbocycles. The summed E-state index contributed by atoms with van der Waals surface area (Å²) in [6.45, 7) is 2.31. The Morgan fingerprint density at radius 2 is 1.97 bits per heavy atom. The Bertz CT molecular complexity index is 1240. The van der Waals surface area contributed by atoms with Crippen LogP contribution in [-0.4, -0.2) is 35.5 Å². The molecule has 2 aromatic carbocycles. The van der Waals surface area contributed by atoms with Gasteiger partial charge in [0.05, 0.1) is 30.4 Å². The summed E-state index contributed by atoms with van der Waals surface area (Å²) in [5.74, 6) is -1.01. The average molecular weight is 465 g/mol. The van der Waals surface area contributed by atoms with E-state index in [1.807, 2.05) is 6.92 Å². The second-order valence-electron chi connectivity index (χ2n) is 7.24. The van der Waals surface area contributed by atoms with Crippen molar-refractivity contribution < 1.29 is 24.2 Å². The number of aromatic nitrogens is 1. The molecule has 1 aliphatic heterocycles. The molecule has 33 heavy (non-hydrogen) atoms. The van der Waals surface area contributed by atoms with E-state index in [9.17, 15) is 14.7 Å². The minimum atomic E-state index is -0.891. The van der Waals surface area contributed by atoms with Gasteiger partial charge in [-0.3, -0.25) is 19.5 Å². The molecule has 1 amide bonds. The first-order chi connectivity index (χ1) is 16.0. The quantitative estimate of drug-likeness (QED) is 0.321. The van der Waals surface area contributed by atoms with Crippen LogP contribution in [0.2, 0.25) is 5.02 Å². The first-order valence-electron chi connectivity index (χ1n) is 10.2. The number of Topliss-reactive ketones (excluding diaryl/α,β-unsaturated/α-hetero) is 1. The van der Waals surface area contributed by atoms with Crippen molar-refractivity contribution in [2.24, 2.45) is 0 Å². The fourth-order valence-electron chi connectivity index (χ4n) is 3.80. The molecule has 0 spiro atoms. The first kappa shape index (κ1) is 22.4. The smallest absolute Gasteiger partial charge is 0.300 e. The van der Waals surface area contributed by atoms with Crippen LogP contribution in [-0.2, 0) is 9.59 Å². The van der Waals surface area contributed by atoms with Crippen LogP contribution < -0.4 is 14.4 Å². The van der Waals surface area contributed by atoms with Gasteiger partial charge >= 0.3 is 0 Å². The Morgan fingerprint density at radius 3 is 2.67 bits per heavy atom. The Labute approximate surface area is 195 Å². The summed E-state index contributed by atoms with van der Waals surface area (Å²) in [6.07, 6.45) is 3.15. The highest BCUT2D eigenvalue weighted by molar-refractivity contribution is 6.51. The van der Waals surface area contributed by atoms with Crippen molar-refractivity contribution in [2.45, 2.75) is 13.0 Å². The van der Waals surface area contributed by atoms with Gasteiger partial charge in [-0.2, -0.15) is 0 Å². The maximum absolute atomic E-state index is 13.2. The van der Waals surface area contributed by atoms with E-state index in [4.69, 9.17) is 21.1 Å². The van der Waals surface area contributed by atoms with E-state index in [1.165, 1.54) is 18.1 Å². The van der Waals surface area contributed by atoms with Gasteiger partial charge < -0.3 is 14.6 Å². The molecular weight excluding hydrogens is 444 g/mol. The van der Waals surface area contributed by atoms with Crippen LogP contribution in [0, 0.1) is 0 Å². The fourth-order valence-corrected chi connectivity index (χ4v) is 4.00. The van der Waals surface area contributed by atoms with E-state index >= 15 is 0 Å². The van der Waals surface area contributed by atoms with Crippen LogP contribution in [0.4, 0.5) is 5.69 Å². The van der Waals surface area contributed by atoms with E-state index in [0.717, 1.165) is 0 Å². The second-order valence-corrected chi connectivity index (χ2v) is 7.64. The molecule has 4 rings (SSSR count). The van der Waals surface area contributed by atoms with Crippen LogP contribution in [0.5, 0.6) is 11.5 Å². The lowest BCUT2D eigenvalue weighted by Gasteiger charge is -2.25. The van der Waals surface area contributed by atoms with Crippen LogP contribution in [0.1, 0.15) is 24.1 Å². The third-order valence-electron chi connectivity index (χ3n) is 5.28. The van der Waals surface area contributed by atoms with Crippen molar-refractivity contribution >= 4 is 34.7 Å². The minimum Gasteiger partial charge on any atom is -0.507 e. The molecule has 1 aliphatic rings. The molecule has 1 fully saturated rings. The number of hydrogen-bond acceptors (Lipinski definition) is 6. The fraction of sp³-hybridized carbons (Fsp3) is 0.160. The SMILES string of the molecule is CCOc1cccc(N2C(=O)C(=O)/C(=C(/O)c3ccc(Cl)c(OC)c3)C2c2cccnc2)c1. The third kappa shape index (κ3) is 4.15. The summed E-state index contributed by atoms with van der Waals surface area (Å²) >= 11 is 6.11. The number of anilines is 1. The first-order valence-corrected chi connectivity index (χ1v) is 10.6. The number of halogens is 1. The number of methoxy groups -OCH3 is 1. The van der Waals surface area contributed by atoms with Gasteiger partial charge in [0, 0.05) is 29.7 Å². The number of ketones is 1. The summed E-state index contributed by atoms with van der Waals surface area (Å²) < 4.78 is 10.8. The van der Waals surface area contributed by atoms with Gasteiger partial charge in [0.2, 0.25) is 0 Å². The number of ether oxygens (including phenoxy) is 2. The van der Waals surface area contributed by atoms with E-state index < -0.39 is 17.7 Å². The molecule has 7 nitrogen and oxygen atoms in total. The molecule has 0 bridgehead atoms. The van der Waals surface area contributed by atoms with Gasteiger partial charge in [-0.05, 0) is 48.9 Å². The number of pyridine rings is 1. The van der Waals surface area contributed by atoms with Crippen molar-refractivity contribution in [2.75, 3.05) is 18.6 Å². The van der Waals surface area contributed by atoms with Crippen LogP contribution in [0.3, 0.4) is 0 Å². The predicted octanol–water partition coefficient (Wildman–Crippen LogP) is 4.77. The third-order valence-corrected chi connectivity index (χ3v) is 5.59. The lowest BCUT2D eigenvalue weighted by Crippen LogP contribution is -2.29. The summed E-state index contributed by atoms with van der Waals surface area (Å²) in [5, 5.41) is 11.5. The highest BCUT2D eigenvalue weighted by Gasteiger charge is 2.47. The minimum absolute atomic E-state index is 0.0563. The maximum Gasteiger partial charge on any atom is 0.300 e. The van der Waals surface area contributed by atoms with Gasteiger partial charge in [0.15, 0.2) is 0 Å². The summed E-state index contributed by atoms with van der Waals surface area (Å²) in [7, 11) is 1.45. The highest BCUT2D eigenvalue weighted by atomic mass is 35.5. The number of aliphatic hydroxyl groups is 1.